The number of methoxy groups -OCH3 is 1. The Morgan fingerprint density at radius 3 is 2.44 bits per heavy atom. The highest BCUT2D eigenvalue weighted by Gasteiger charge is 2.64. The second kappa shape index (κ2) is 17.7. The molecule has 0 radical (unpaired) electrons. The Kier molecular flexibility index (Phi) is 13.4. The first-order valence-corrected chi connectivity index (χ1v) is 21.4. The van der Waals surface area contributed by atoms with Crippen LogP contribution in [0.25, 0.3) is 10.7 Å². The van der Waals surface area contributed by atoms with Crippen LogP contribution in [0.5, 0.6) is 0 Å². The molecule has 6 heterocycles. The van der Waals surface area contributed by atoms with E-state index >= 15 is 0 Å². The zero-order valence-corrected chi connectivity index (χ0v) is 37.0. The van der Waals surface area contributed by atoms with Crippen LogP contribution in [0.4, 0.5) is 0 Å². The molecule has 0 unspecified atom stereocenters. The lowest BCUT2D eigenvalue weighted by atomic mass is 9.65. The second-order valence-electron chi connectivity index (χ2n) is 17.3. The van der Waals surface area contributed by atoms with E-state index in [-0.39, 0.29) is 36.2 Å². The van der Waals surface area contributed by atoms with Crippen molar-refractivity contribution in [3.8, 4) is 10.7 Å². The number of cyclic esters (lactones) is 1. The Bertz CT molecular complexity index is 1910. The number of esters is 2. The minimum absolute atomic E-state index is 0.129. The maximum Gasteiger partial charge on any atom is 0.317 e. The number of aliphatic hydroxyl groups is 1. The molecule has 0 aliphatic carbocycles. The molecule has 324 valence electrons. The van der Waals surface area contributed by atoms with Crippen LogP contribution in [-0.2, 0) is 42.9 Å². The number of carbonyl (C=O) groups is 3. The van der Waals surface area contributed by atoms with Crippen LogP contribution >= 0.6 is 11.3 Å². The standard InChI is InChI=1S/C42H60N6O10S/c1-13-28-42(9)30-22(4)31(44-35(29(30)39(52)57-42)47-58-25(7)36-45-46-37(59-36)26-16-14-15-17-43-26)20(2)19-41(8,53-12)34(23(5)32(49)24(6)38(51)55-28)56-40-33(50)27(48(10)11)18-21(3)54-40/h14-17,20-25,27-30,33-34,40,50H,13,18-19H2,1-12H3/b47-35-/t20-,21-,22-,23+,24-,25+,27+,28+,29-,30+,33-,34-,40+,41-,42-/m1/s1. The molecule has 4 aliphatic heterocycles. The number of carbonyl (C=O) groups excluding carboxylic acids is 3. The first kappa shape index (κ1) is 44.8. The maximum absolute atomic E-state index is 14.4. The van der Waals surface area contributed by atoms with E-state index in [4.69, 9.17) is 33.5 Å². The number of aliphatic imine (C=N–C) groups is 1. The summed E-state index contributed by atoms with van der Waals surface area (Å²) in [6.07, 6.45) is -2.08. The number of oxime groups is 1. The van der Waals surface area contributed by atoms with Gasteiger partial charge in [0.2, 0.25) is 0 Å². The molecule has 0 saturated carbocycles. The number of fused-ring (bicyclic) bond motifs is 1. The third-order valence-electron chi connectivity index (χ3n) is 12.9. The van der Waals surface area contributed by atoms with Crippen LogP contribution in [0.1, 0.15) is 92.7 Å². The first-order chi connectivity index (χ1) is 27.8. The van der Waals surface area contributed by atoms with Gasteiger partial charge < -0.3 is 38.5 Å². The second-order valence-corrected chi connectivity index (χ2v) is 18.3. The molecule has 16 nitrogen and oxygen atoms in total. The number of aliphatic hydroxyl groups excluding tert-OH is 1. The Morgan fingerprint density at radius 2 is 1.80 bits per heavy atom. The largest absolute Gasteiger partial charge is 0.458 e. The Hall–Kier alpha value is -3.74. The van der Waals surface area contributed by atoms with Gasteiger partial charge in [-0.3, -0.25) is 19.4 Å². The van der Waals surface area contributed by atoms with Gasteiger partial charge in [-0.1, -0.05) is 50.3 Å². The summed E-state index contributed by atoms with van der Waals surface area (Å²) in [6.45, 7) is 16.4. The highest BCUT2D eigenvalue weighted by Crippen LogP contribution is 2.51. The molecule has 6 rings (SSSR count). The van der Waals surface area contributed by atoms with E-state index in [1.807, 2.05) is 71.8 Å². The number of amidine groups is 1. The Labute approximate surface area is 350 Å². The van der Waals surface area contributed by atoms with E-state index in [9.17, 15) is 19.5 Å². The molecule has 3 fully saturated rings. The summed E-state index contributed by atoms with van der Waals surface area (Å²) in [5, 5.41) is 25.9. The lowest BCUT2D eigenvalue weighted by molar-refractivity contribution is -0.295. The van der Waals surface area contributed by atoms with Crippen molar-refractivity contribution >= 4 is 40.6 Å². The highest BCUT2D eigenvalue weighted by atomic mass is 32.1. The molecule has 2 bridgehead atoms. The van der Waals surface area contributed by atoms with Crippen molar-refractivity contribution in [1.29, 1.82) is 0 Å². The van der Waals surface area contributed by atoms with Gasteiger partial charge >= 0.3 is 11.9 Å². The molecule has 4 aliphatic rings. The third kappa shape index (κ3) is 8.60. The molecule has 0 aromatic carbocycles. The van der Waals surface area contributed by atoms with E-state index in [1.54, 1.807) is 34.1 Å². The minimum atomic E-state index is -1.31. The number of pyridine rings is 1. The molecule has 3 saturated heterocycles. The van der Waals surface area contributed by atoms with Gasteiger partial charge in [-0.05, 0) is 86.0 Å². The van der Waals surface area contributed by atoms with Crippen LogP contribution < -0.4 is 0 Å². The van der Waals surface area contributed by atoms with Gasteiger partial charge in [0.05, 0.1) is 17.8 Å². The van der Waals surface area contributed by atoms with Crippen molar-refractivity contribution in [2.45, 2.75) is 136 Å². The number of likely N-dealkylation sites (N-methyl/N-ethyl adjacent to an activating group) is 1. The van der Waals surface area contributed by atoms with Crippen molar-refractivity contribution < 1.29 is 48.0 Å². The number of ether oxygens (including phenoxy) is 5. The Morgan fingerprint density at radius 1 is 1.07 bits per heavy atom. The van der Waals surface area contributed by atoms with Crippen molar-refractivity contribution in [3.05, 3.63) is 29.4 Å². The minimum Gasteiger partial charge on any atom is -0.458 e. The zero-order valence-electron chi connectivity index (χ0n) is 36.1. The predicted octanol–water partition coefficient (Wildman–Crippen LogP) is 5.05. The number of aromatic nitrogens is 3. The van der Waals surface area contributed by atoms with Crippen LogP contribution in [-0.4, -0.2) is 124 Å². The van der Waals surface area contributed by atoms with Gasteiger partial charge in [0.1, 0.15) is 29.7 Å². The molecular weight excluding hydrogens is 781 g/mol. The SMILES string of the molecule is CC[C@@H]1OC(=O)[C@H](C)C(=O)[C@H](C)[C@@H](O[C@@H]2O[C@H](C)C[C@H](N(C)C)[C@H]2O)[C@](C)(OC)C[C@@H](C)C2=N/C(=N\O[C@@H](C)c3nnc(-c4ccccn4)s3)[C@@H]3C(=O)O[C@@]1(C)[C@H]3[C@H]2C. The predicted molar refractivity (Wildman–Crippen MR) is 218 cm³/mol. The van der Waals surface area contributed by atoms with E-state index in [0.717, 1.165) is 0 Å². The summed E-state index contributed by atoms with van der Waals surface area (Å²) < 4.78 is 31.7. The van der Waals surface area contributed by atoms with Crippen molar-refractivity contribution in [3.63, 3.8) is 0 Å². The number of ketones is 1. The summed E-state index contributed by atoms with van der Waals surface area (Å²) in [7, 11) is 5.32. The Balaban J connectivity index is 1.42. The lowest BCUT2D eigenvalue weighted by Crippen LogP contribution is -2.59. The van der Waals surface area contributed by atoms with E-state index in [0.29, 0.717) is 34.3 Å². The smallest absolute Gasteiger partial charge is 0.317 e. The summed E-state index contributed by atoms with van der Waals surface area (Å²) >= 11 is 1.32. The number of rotatable bonds is 9. The number of nitrogens with zero attached hydrogens (tertiary/aromatic N) is 6. The number of hydrogen-bond donors (Lipinski definition) is 1. The highest BCUT2D eigenvalue weighted by molar-refractivity contribution is 7.14. The van der Waals surface area contributed by atoms with Crippen LogP contribution in [0.2, 0.25) is 0 Å². The van der Waals surface area contributed by atoms with E-state index in [1.165, 1.54) is 18.3 Å². The topological polar surface area (TPSA) is 193 Å². The van der Waals surface area contributed by atoms with Gasteiger partial charge in [0.15, 0.2) is 39.6 Å². The fraction of sp³-hybridized carbons (Fsp3) is 0.714. The van der Waals surface area contributed by atoms with Gasteiger partial charge in [0, 0.05) is 42.8 Å². The summed E-state index contributed by atoms with van der Waals surface area (Å²) in [6, 6.07) is 5.27. The molecule has 17 heteroatoms. The molecule has 2 aromatic rings. The fourth-order valence-electron chi connectivity index (χ4n) is 9.58. The fourth-order valence-corrected chi connectivity index (χ4v) is 10.4. The maximum atomic E-state index is 14.4. The summed E-state index contributed by atoms with van der Waals surface area (Å²) in [5.74, 6) is -5.98. The van der Waals surface area contributed by atoms with E-state index in [2.05, 4.69) is 20.3 Å². The molecule has 0 spiro atoms. The van der Waals surface area contributed by atoms with Crippen molar-refractivity contribution in [1.82, 2.24) is 20.1 Å². The molecule has 0 amide bonds. The number of hydrogen-bond acceptors (Lipinski definition) is 16. The lowest BCUT2D eigenvalue weighted by Gasteiger charge is -2.47. The molecule has 2 aromatic heterocycles. The average Bonchev–Trinajstić information content (AvgIpc) is 3.81. The molecule has 59 heavy (non-hydrogen) atoms. The summed E-state index contributed by atoms with van der Waals surface area (Å²) in [5.41, 5.74) is -1.12. The van der Waals surface area contributed by atoms with Crippen molar-refractivity contribution in [2.75, 3.05) is 21.2 Å². The molecular formula is C42H60N6O10S. The monoisotopic (exact) mass is 840 g/mol. The van der Waals surface area contributed by atoms with Crippen molar-refractivity contribution in [2.24, 2.45) is 45.7 Å². The summed E-state index contributed by atoms with van der Waals surface area (Å²) in [4.78, 5) is 59.8. The normalized spacial score (nSPS) is 39.3. The van der Waals surface area contributed by atoms with Gasteiger partial charge in [-0.2, -0.15) is 0 Å². The average molecular weight is 841 g/mol. The van der Waals surface area contributed by atoms with Gasteiger partial charge in [0.25, 0.3) is 0 Å². The van der Waals surface area contributed by atoms with Crippen LogP contribution in [0, 0.1) is 35.5 Å². The third-order valence-corrected chi connectivity index (χ3v) is 14.0. The van der Waals surface area contributed by atoms with Crippen LogP contribution in [0.15, 0.2) is 34.5 Å². The first-order valence-electron chi connectivity index (χ1n) is 20.6. The van der Waals surface area contributed by atoms with Gasteiger partial charge in [-0.15, -0.1) is 10.2 Å². The molecule has 15 atom stereocenters. The number of Topliss-reactive ketones (excluding diaryl/α,β-unsaturated/α-hetero) is 1. The van der Waals surface area contributed by atoms with Crippen LogP contribution in [0.3, 0.4) is 0 Å². The van der Waals surface area contributed by atoms with E-state index < -0.39 is 83.3 Å². The quantitative estimate of drug-likeness (QED) is 0.200. The zero-order chi connectivity index (χ0) is 43.1. The van der Waals surface area contributed by atoms with Gasteiger partial charge in [-0.25, -0.2) is 4.99 Å². The molecule has 1 N–H and O–H groups in total.